The first-order valence-corrected chi connectivity index (χ1v) is 8.54. The molecule has 0 aromatic carbocycles. The number of rotatable bonds is 5. The van der Waals surface area contributed by atoms with Gasteiger partial charge in [-0.15, -0.1) is 11.6 Å². The summed E-state index contributed by atoms with van der Waals surface area (Å²) in [5.74, 6) is 3.65. The lowest BCUT2D eigenvalue weighted by Gasteiger charge is -2.19. The Bertz CT molecular complexity index is 656. The highest BCUT2D eigenvalue weighted by Gasteiger charge is 2.42. The molecule has 0 amide bonds. The smallest absolute Gasteiger partial charge is 0.160 e. The van der Waals surface area contributed by atoms with E-state index in [1.165, 1.54) is 25.7 Å². The average molecular weight is 304 g/mol. The lowest BCUT2D eigenvalue weighted by Crippen LogP contribution is -2.17. The van der Waals surface area contributed by atoms with Crippen molar-refractivity contribution in [3.05, 3.63) is 23.7 Å². The number of hydrogen-bond donors (Lipinski definition) is 0. The summed E-state index contributed by atoms with van der Waals surface area (Å²) in [4.78, 5) is 9.39. The third-order valence-corrected chi connectivity index (χ3v) is 5.15. The summed E-state index contributed by atoms with van der Waals surface area (Å²) in [5, 5.41) is -0.0708. The predicted molar refractivity (Wildman–Crippen MR) is 85.5 cm³/mol. The molecule has 0 bridgehead atoms. The Balaban J connectivity index is 1.75. The number of halogens is 1. The van der Waals surface area contributed by atoms with Crippen molar-refractivity contribution in [1.29, 1.82) is 0 Å². The summed E-state index contributed by atoms with van der Waals surface area (Å²) in [6.07, 6.45) is 7.57. The molecule has 2 fully saturated rings. The van der Waals surface area contributed by atoms with Crippen LogP contribution in [0.2, 0.25) is 0 Å². The summed E-state index contributed by atoms with van der Waals surface area (Å²) in [6.45, 7) is 5.12. The molecule has 2 heterocycles. The minimum Gasteiger partial charge on any atom is -0.311 e. The van der Waals surface area contributed by atoms with Gasteiger partial charge < -0.3 is 4.57 Å². The van der Waals surface area contributed by atoms with E-state index in [0.717, 1.165) is 46.9 Å². The zero-order valence-electron chi connectivity index (χ0n) is 12.7. The van der Waals surface area contributed by atoms with Crippen molar-refractivity contribution in [1.82, 2.24) is 14.5 Å². The van der Waals surface area contributed by atoms with Crippen LogP contribution in [-0.2, 0) is 6.54 Å². The molecule has 2 aliphatic rings. The van der Waals surface area contributed by atoms with Crippen molar-refractivity contribution in [2.45, 2.75) is 51.5 Å². The minimum atomic E-state index is -0.0708. The van der Waals surface area contributed by atoms with Gasteiger partial charge in [-0.25, -0.2) is 9.97 Å². The summed E-state index contributed by atoms with van der Waals surface area (Å²) in [5.41, 5.74) is 3.15. The van der Waals surface area contributed by atoms with E-state index in [1.54, 1.807) is 0 Å². The third-order valence-electron chi connectivity index (χ3n) is 4.96. The first-order valence-electron chi connectivity index (χ1n) is 8.10. The summed E-state index contributed by atoms with van der Waals surface area (Å²) in [6, 6.07) is 2.12. The zero-order valence-corrected chi connectivity index (χ0v) is 13.5. The van der Waals surface area contributed by atoms with Crippen LogP contribution in [0.25, 0.3) is 11.2 Å². The van der Waals surface area contributed by atoms with E-state index >= 15 is 0 Å². The van der Waals surface area contributed by atoms with E-state index in [4.69, 9.17) is 16.6 Å². The molecule has 4 rings (SSSR count). The van der Waals surface area contributed by atoms with Crippen LogP contribution in [0.4, 0.5) is 0 Å². The second-order valence-corrected chi connectivity index (χ2v) is 7.55. The van der Waals surface area contributed by atoms with Gasteiger partial charge in [0.2, 0.25) is 0 Å². The lowest BCUT2D eigenvalue weighted by atomic mass is 9.98. The van der Waals surface area contributed by atoms with E-state index in [2.05, 4.69) is 22.5 Å². The molecule has 0 radical (unpaired) electrons. The van der Waals surface area contributed by atoms with Gasteiger partial charge in [0.1, 0.15) is 11.3 Å². The largest absolute Gasteiger partial charge is 0.311 e. The van der Waals surface area contributed by atoms with Gasteiger partial charge in [-0.2, -0.15) is 0 Å². The molecule has 2 aliphatic carbocycles. The van der Waals surface area contributed by atoms with E-state index in [1.807, 2.05) is 13.1 Å². The normalized spacial score (nSPS) is 20.4. The topological polar surface area (TPSA) is 30.7 Å². The van der Waals surface area contributed by atoms with Crippen LogP contribution < -0.4 is 0 Å². The molecule has 3 nitrogen and oxygen atoms in total. The molecule has 2 aromatic rings. The Hall–Kier alpha value is -1.09. The third kappa shape index (κ3) is 2.57. The van der Waals surface area contributed by atoms with Gasteiger partial charge in [-0.3, -0.25) is 0 Å². The Morgan fingerprint density at radius 2 is 1.95 bits per heavy atom. The highest BCUT2D eigenvalue weighted by molar-refractivity contribution is 6.20. The van der Waals surface area contributed by atoms with Crippen molar-refractivity contribution in [2.75, 3.05) is 0 Å². The Kier molecular flexibility index (Phi) is 3.21. The number of alkyl halides is 1. The fourth-order valence-electron chi connectivity index (χ4n) is 3.56. The zero-order chi connectivity index (χ0) is 14.6. The summed E-state index contributed by atoms with van der Waals surface area (Å²) in [7, 11) is 0. The van der Waals surface area contributed by atoms with E-state index in [-0.39, 0.29) is 5.38 Å². The second kappa shape index (κ2) is 4.98. The van der Waals surface area contributed by atoms with Gasteiger partial charge in [0.05, 0.1) is 5.38 Å². The van der Waals surface area contributed by atoms with E-state index < -0.39 is 0 Å². The maximum absolute atomic E-state index is 6.38. The molecule has 4 heteroatoms. The van der Waals surface area contributed by atoms with Gasteiger partial charge >= 0.3 is 0 Å². The number of aromatic nitrogens is 3. The van der Waals surface area contributed by atoms with Crippen molar-refractivity contribution in [3.8, 4) is 0 Å². The number of nitrogens with zero attached hydrogens (tertiary/aromatic N) is 3. The van der Waals surface area contributed by atoms with E-state index in [9.17, 15) is 0 Å². The SMILES string of the molecule is Cc1cnc2c(c1)nc(C(C)Cl)n2CC(C1CC1)C1CC1. The van der Waals surface area contributed by atoms with Crippen LogP contribution >= 0.6 is 11.6 Å². The molecule has 0 saturated heterocycles. The van der Waals surface area contributed by atoms with Gasteiger partial charge in [0.15, 0.2) is 5.65 Å². The molecule has 21 heavy (non-hydrogen) atoms. The quantitative estimate of drug-likeness (QED) is 0.763. The number of imidazole rings is 1. The van der Waals surface area contributed by atoms with Crippen LogP contribution in [0, 0.1) is 24.7 Å². The van der Waals surface area contributed by atoms with Crippen LogP contribution in [0.5, 0.6) is 0 Å². The molecule has 112 valence electrons. The monoisotopic (exact) mass is 303 g/mol. The van der Waals surface area contributed by atoms with Gasteiger partial charge in [0, 0.05) is 12.7 Å². The fourth-order valence-corrected chi connectivity index (χ4v) is 3.72. The molecule has 0 N–H and O–H groups in total. The maximum Gasteiger partial charge on any atom is 0.160 e. The molecule has 0 aliphatic heterocycles. The predicted octanol–water partition coefficient (Wildman–Crippen LogP) is 4.48. The maximum atomic E-state index is 6.38. The van der Waals surface area contributed by atoms with Crippen molar-refractivity contribution < 1.29 is 0 Å². The number of hydrogen-bond acceptors (Lipinski definition) is 2. The van der Waals surface area contributed by atoms with Crippen LogP contribution in [0.15, 0.2) is 12.3 Å². The standard InChI is InChI=1S/C17H22ClN3/c1-10-7-15-17(19-8-10)21(16(20-15)11(2)18)9-14(12-3-4-12)13-5-6-13/h7-8,11-14H,3-6,9H2,1-2H3. The molecular weight excluding hydrogens is 282 g/mol. The van der Waals surface area contributed by atoms with Crippen molar-refractivity contribution in [2.24, 2.45) is 17.8 Å². The van der Waals surface area contributed by atoms with Crippen molar-refractivity contribution >= 4 is 22.8 Å². The van der Waals surface area contributed by atoms with Crippen molar-refractivity contribution in [3.63, 3.8) is 0 Å². The molecule has 0 spiro atoms. The Labute approximate surface area is 130 Å². The van der Waals surface area contributed by atoms with Crippen LogP contribution in [0.3, 0.4) is 0 Å². The Morgan fingerprint density at radius 3 is 2.52 bits per heavy atom. The first-order chi connectivity index (χ1) is 10.1. The number of fused-ring (bicyclic) bond motifs is 1. The van der Waals surface area contributed by atoms with Gasteiger partial charge in [-0.05, 0) is 68.9 Å². The highest BCUT2D eigenvalue weighted by Crippen LogP contribution is 2.50. The summed E-state index contributed by atoms with van der Waals surface area (Å²) >= 11 is 6.38. The molecule has 1 unspecified atom stereocenters. The number of aryl methyl sites for hydroxylation is 1. The molecule has 1 atom stereocenters. The first kappa shape index (κ1) is 13.6. The molecule has 2 saturated carbocycles. The number of pyridine rings is 1. The van der Waals surface area contributed by atoms with Gasteiger partial charge in [-0.1, -0.05) is 0 Å². The fraction of sp³-hybridized carbons (Fsp3) is 0.647. The minimum absolute atomic E-state index is 0.0708. The van der Waals surface area contributed by atoms with Gasteiger partial charge in [0.25, 0.3) is 0 Å². The van der Waals surface area contributed by atoms with Crippen LogP contribution in [0.1, 0.15) is 49.4 Å². The second-order valence-electron chi connectivity index (χ2n) is 6.89. The molecular formula is C17H22ClN3. The average Bonchev–Trinajstić information content (AvgIpc) is 3.33. The Morgan fingerprint density at radius 1 is 1.29 bits per heavy atom. The van der Waals surface area contributed by atoms with Crippen LogP contribution in [-0.4, -0.2) is 14.5 Å². The lowest BCUT2D eigenvalue weighted by molar-refractivity contribution is 0.347. The highest BCUT2D eigenvalue weighted by atomic mass is 35.5. The summed E-state index contributed by atoms with van der Waals surface area (Å²) < 4.78 is 2.30. The van der Waals surface area contributed by atoms with E-state index in [0.29, 0.717) is 0 Å². The molecule has 2 aromatic heterocycles.